The smallest absolute Gasteiger partial charge is 0.305 e. The molecule has 0 spiro atoms. The Morgan fingerprint density at radius 2 is 2.21 bits per heavy atom. The summed E-state index contributed by atoms with van der Waals surface area (Å²) in [6, 6.07) is 0. The van der Waals surface area contributed by atoms with Crippen LogP contribution < -0.4 is 4.72 Å². The third-order valence-electron chi connectivity index (χ3n) is 3.17. The van der Waals surface area contributed by atoms with Crippen LogP contribution in [0.3, 0.4) is 0 Å². The van der Waals surface area contributed by atoms with Crippen molar-refractivity contribution in [3.05, 3.63) is 11.6 Å². The molecule has 1 aliphatic carbocycles. The van der Waals surface area contributed by atoms with Gasteiger partial charge in [-0.3, -0.25) is 4.79 Å². The molecule has 0 fully saturated rings. The number of sulfonamides is 1. The first-order valence-electron chi connectivity index (χ1n) is 6.75. The van der Waals surface area contributed by atoms with Crippen LogP contribution in [-0.2, 0) is 19.6 Å². The molecule has 0 bridgehead atoms. The number of carbonyl (C=O) groups excluding carboxylic acids is 1. The van der Waals surface area contributed by atoms with Crippen LogP contribution in [0.5, 0.6) is 0 Å². The monoisotopic (exact) mass is 289 g/mol. The van der Waals surface area contributed by atoms with Crippen LogP contribution >= 0.6 is 0 Å². The fourth-order valence-corrected chi connectivity index (χ4v) is 3.16. The van der Waals surface area contributed by atoms with Crippen LogP contribution in [0.1, 0.15) is 44.9 Å². The minimum Gasteiger partial charge on any atom is -0.469 e. The molecule has 1 N–H and O–H groups in total. The lowest BCUT2D eigenvalue weighted by Crippen LogP contribution is -2.28. The topological polar surface area (TPSA) is 72.5 Å². The summed E-state index contributed by atoms with van der Waals surface area (Å²) in [5, 5.41) is 0. The molecule has 0 amide bonds. The van der Waals surface area contributed by atoms with Gasteiger partial charge in [-0.25, -0.2) is 13.1 Å². The molecular formula is C13H23NO4S. The molecule has 19 heavy (non-hydrogen) atoms. The fourth-order valence-electron chi connectivity index (χ4n) is 2.08. The van der Waals surface area contributed by atoms with Crippen molar-refractivity contribution < 1.29 is 17.9 Å². The van der Waals surface area contributed by atoms with E-state index in [0.29, 0.717) is 13.0 Å². The third-order valence-corrected chi connectivity index (χ3v) is 4.64. The van der Waals surface area contributed by atoms with Gasteiger partial charge in [-0.15, -0.1) is 0 Å². The summed E-state index contributed by atoms with van der Waals surface area (Å²) >= 11 is 0. The highest BCUT2D eigenvalue weighted by molar-refractivity contribution is 7.89. The van der Waals surface area contributed by atoms with Gasteiger partial charge >= 0.3 is 5.97 Å². The predicted octanol–water partition coefficient (Wildman–Crippen LogP) is 1.75. The number of carbonyl (C=O) groups is 1. The second-order valence-electron chi connectivity index (χ2n) is 4.75. The molecule has 0 saturated carbocycles. The van der Waals surface area contributed by atoms with E-state index in [4.69, 9.17) is 0 Å². The summed E-state index contributed by atoms with van der Waals surface area (Å²) < 4.78 is 30.4. The maximum atomic E-state index is 11.7. The summed E-state index contributed by atoms with van der Waals surface area (Å²) in [6.07, 6.45) is 8.09. The summed E-state index contributed by atoms with van der Waals surface area (Å²) in [7, 11) is -1.97. The van der Waals surface area contributed by atoms with Crippen LogP contribution in [0.15, 0.2) is 11.6 Å². The summed E-state index contributed by atoms with van der Waals surface area (Å²) in [5.74, 6) is -0.399. The van der Waals surface area contributed by atoms with Crippen LogP contribution in [0.2, 0.25) is 0 Å². The van der Waals surface area contributed by atoms with Crippen LogP contribution in [-0.4, -0.2) is 33.8 Å². The molecule has 0 aromatic carbocycles. The van der Waals surface area contributed by atoms with E-state index in [-0.39, 0.29) is 18.1 Å². The second-order valence-corrected chi connectivity index (χ2v) is 6.68. The van der Waals surface area contributed by atoms with E-state index in [2.05, 4.69) is 15.5 Å². The van der Waals surface area contributed by atoms with Gasteiger partial charge in [0.15, 0.2) is 0 Å². The van der Waals surface area contributed by atoms with E-state index < -0.39 is 10.0 Å². The lowest BCUT2D eigenvalue weighted by atomic mass is 9.97. The number of methoxy groups -OCH3 is 1. The average Bonchev–Trinajstić information content (AvgIpc) is 2.39. The maximum Gasteiger partial charge on any atom is 0.305 e. The van der Waals surface area contributed by atoms with Crippen LogP contribution in [0.25, 0.3) is 0 Å². The minimum atomic E-state index is -3.27. The van der Waals surface area contributed by atoms with Gasteiger partial charge in [-0.1, -0.05) is 11.6 Å². The van der Waals surface area contributed by atoms with E-state index in [1.807, 2.05) is 0 Å². The average molecular weight is 289 g/mol. The summed E-state index contributed by atoms with van der Waals surface area (Å²) in [4.78, 5) is 10.9. The molecule has 0 saturated heterocycles. The first kappa shape index (κ1) is 16.2. The number of ether oxygens (including phenoxy) is 1. The fraction of sp³-hybridized carbons (Fsp3) is 0.769. The highest BCUT2D eigenvalue weighted by Gasteiger charge is 2.12. The zero-order valence-electron chi connectivity index (χ0n) is 11.5. The van der Waals surface area contributed by atoms with Crippen molar-refractivity contribution in [2.45, 2.75) is 44.9 Å². The quantitative estimate of drug-likeness (QED) is 0.546. The van der Waals surface area contributed by atoms with Crippen molar-refractivity contribution >= 4 is 16.0 Å². The Hall–Kier alpha value is -0.880. The second kappa shape index (κ2) is 8.32. The number of allylic oxidation sites excluding steroid dienone is 1. The Bertz CT molecular complexity index is 414. The van der Waals surface area contributed by atoms with Gasteiger partial charge < -0.3 is 4.74 Å². The molecular weight excluding hydrogens is 266 g/mol. The largest absolute Gasteiger partial charge is 0.469 e. The van der Waals surface area contributed by atoms with Gasteiger partial charge in [0.25, 0.3) is 0 Å². The molecule has 0 aliphatic heterocycles. The first-order valence-corrected chi connectivity index (χ1v) is 8.41. The standard InChI is InChI=1S/C13H23NO4S/c1-18-13(15)8-5-11-19(16,17)14-10-9-12-6-3-2-4-7-12/h6,14H,2-5,7-11H2,1H3. The van der Waals surface area contributed by atoms with Crippen LogP contribution in [0.4, 0.5) is 0 Å². The molecule has 5 nitrogen and oxygen atoms in total. The highest BCUT2D eigenvalue weighted by Crippen LogP contribution is 2.19. The number of hydrogen-bond acceptors (Lipinski definition) is 4. The molecule has 0 aromatic heterocycles. The van der Waals surface area contributed by atoms with E-state index in [9.17, 15) is 13.2 Å². The lowest BCUT2D eigenvalue weighted by Gasteiger charge is -2.13. The first-order chi connectivity index (χ1) is 9.03. The van der Waals surface area contributed by atoms with E-state index in [1.165, 1.54) is 25.5 Å². The van der Waals surface area contributed by atoms with Crippen molar-refractivity contribution in [2.24, 2.45) is 0 Å². The Morgan fingerprint density at radius 3 is 2.84 bits per heavy atom. The third kappa shape index (κ3) is 7.32. The molecule has 1 aliphatic rings. The van der Waals surface area contributed by atoms with Gasteiger partial charge in [0.1, 0.15) is 0 Å². The van der Waals surface area contributed by atoms with Gasteiger partial charge in [-0.2, -0.15) is 0 Å². The normalized spacial score (nSPS) is 15.9. The van der Waals surface area contributed by atoms with Crippen molar-refractivity contribution in [3.63, 3.8) is 0 Å². The Balaban J connectivity index is 2.19. The minimum absolute atomic E-state index is 0.0266. The molecule has 6 heteroatoms. The SMILES string of the molecule is COC(=O)CCCS(=O)(=O)NCCC1=CCCCC1. The lowest BCUT2D eigenvalue weighted by molar-refractivity contribution is -0.140. The molecule has 1 rings (SSSR count). The predicted molar refractivity (Wildman–Crippen MR) is 74.2 cm³/mol. The number of nitrogens with one attached hydrogen (secondary N) is 1. The molecule has 0 atom stereocenters. The van der Waals surface area contributed by atoms with E-state index >= 15 is 0 Å². The van der Waals surface area contributed by atoms with Gasteiger partial charge in [0, 0.05) is 13.0 Å². The van der Waals surface area contributed by atoms with Crippen LogP contribution in [0, 0.1) is 0 Å². The van der Waals surface area contributed by atoms with Crippen molar-refractivity contribution in [1.29, 1.82) is 0 Å². The van der Waals surface area contributed by atoms with Crippen molar-refractivity contribution in [2.75, 3.05) is 19.4 Å². The number of hydrogen-bond donors (Lipinski definition) is 1. The molecule has 110 valence electrons. The van der Waals surface area contributed by atoms with Gasteiger partial charge in [0.05, 0.1) is 12.9 Å². The Kier molecular flexibility index (Phi) is 7.09. The van der Waals surface area contributed by atoms with Gasteiger partial charge in [-0.05, 0) is 38.5 Å². The zero-order chi connectivity index (χ0) is 14.1. The van der Waals surface area contributed by atoms with Crippen molar-refractivity contribution in [1.82, 2.24) is 4.72 Å². The Labute approximate surface area is 115 Å². The van der Waals surface area contributed by atoms with E-state index in [0.717, 1.165) is 19.3 Å². The summed E-state index contributed by atoms with van der Waals surface area (Å²) in [6.45, 7) is 0.451. The molecule has 0 aromatic rings. The van der Waals surface area contributed by atoms with Gasteiger partial charge in [0.2, 0.25) is 10.0 Å². The Morgan fingerprint density at radius 1 is 1.42 bits per heavy atom. The molecule has 0 unspecified atom stereocenters. The number of esters is 1. The maximum absolute atomic E-state index is 11.7. The highest BCUT2D eigenvalue weighted by atomic mass is 32.2. The summed E-state index contributed by atoms with van der Waals surface area (Å²) in [5.41, 5.74) is 1.35. The zero-order valence-corrected chi connectivity index (χ0v) is 12.3. The van der Waals surface area contributed by atoms with Crippen molar-refractivity contribution in [3.8, 4) is 0 Å². The molecule has 0 radical (unpaired) electrons. The number of rotatable bonds is 8. The molecule has 0 heterocycles. The van der Waals surface area contributed by atoms with E-state index in [1.54, 1.807) is 0 Å².